The second-order valence-corrected chi connectivity index (χ2v) is 1.87. The van der Waals surface area contributed by atoms with Gasteiger partial charge in [0.25, 0.3) is 0 Å². The largest absolute Gasteiger partial charge is 0.392 e. The van der Waals surface area contributed by atoms with Crippen LogP contribution in [0.15, 0.2) is 23.8 Å². The lowest BCUT2D eigenvalue weighted by molar-refractivity contribution is 0.342. The first-order chi connectivity index (χ1) is 4.81. The number of rotatable bonds is 2. The van der Waals surface area contributed by atoms with Crippen LogP contribution in [0.3, 0.4) is 0 Å². The molecule has 0 unspecified atom stereocenters. The molecule has 0 atom stereocenters. The standard InChI is InChI=1S/C9H12O/c1-3-4-6-9(2)7-5-8-10/h5-7,10H,8H2,1-2H3/b7-5+,9-6-. The molecule has 0 aromatic carbocycles. The van der Waals surface area contributed by atoms with Crippen molar-refractivity contribution in [2.75, 3.05) is 6.61 Å². The summed E-state index contributed by atoms with van der Waals surface area (Å²) < 4.78 is 0. The van der Waals surface area contributed by atoms with E-state index in [2.05, 4.69) is 11.8 Å². The summed E-state index contributed by atoms with van der Waals surface area (Å²) in [5, 5.41) is 8.39. The third-order valence-electron chi connectivity index (χ3n) is 0.930. The Morgan fingerprint density at radius 3 is 2.80 bits per heavy atom. The zero-order chi connectivity index (χ0) is 7.82. The van der Waals surface area contributed by atoms with Crippen LogP contribution < -0.4 is 0 Å². The number of aliphatic hydroxyl groups is 1. The summed E-state index contributed by atoms with van der Waals surface area (Å²) >= 11 is 0. The van der Waals surface area contributed by atoms with Gasteiger partial charge in [-0.1, -0.05) is 18.1 Å². The van der Waals surface area contributed by atoms with Crippen LogP contribution >= 0.6 is 0 Å². The summed E-state index contributed by atoms with van der Waals surface area (Å²) in [5.41, 5.74) is 1.06. The molecule has 0 heterocycles. The van der Waals surface area contributed by atoms with Crippen LogP contribution in [-0.2, 0) is 0 Å². The highest BCUT2D eigenvalue weighted by molar-refractivity contribution is 5.26. The molecule has 0 bridgehead atoms. The second-order valence-electron chi connectivity index (χ2n) is 1.87. The van der Waals surface area contributed by atoms with Crippen LogP contribution in [-0.4, -0.2) is 11.7 Å². The zero-order valence-corrected chi connectivity index (χ0v) is 6.39. The molecule has 10 heavy (non-hydrogen) atoms. The molecular weight excluding hydrogens is 124 g/mol. The van der Waals surface area contributed by atoms with Crippen molar-refractivity contribution >= 4 is 0 Å². The molecule has 0 fully saturated rings. The third kappa shape index (κ3) is 5.14. The van der Waals surface area contributed by atoms with Crippen LogP contribution in [0.5, 0.6) is 0 Å². The van der Waals surface area contributed by atoms with Gasteiger partial charge in [-0.2, -0.15) is 0 Å². The third-order valence-corrected chi connectivity index (χ3v) is 0.930. The molecule has 0 aromatic rings. The first-order valence-corrected chi connectivity index (χ1v) is 3.17. The summed E-state index contributed by atoms with van der Waals surface area (Å²) in [6.45, 7) is 3.82. The van der Waals surface area contributed by atoms with Gasteiger partial charge in [0.1, 0.15) is 0 Å². The van der Waals surface area contributed by atoms with Crippen LogP contribution in [0.2, 0.25) is 0 Å². The quantitative estimate of drug-likeness (QED) is 0.450. The normalized spacial score (nSPS) is 11.3. The van der Waals surface area contributed by atoms with Crippen molar-refractivity contribution in [2.24, 2.45) is 0 Å². The highest BCUT2D eigenvalue weighted by atomic mass is 16.2. The fourth-order valence-corrected chi connectivity index (χ4v) is 0.473. The van der Waals surface area contributed by atoms with Gasteiger partial charge in [0.15, 0.2) is 0 Å². The average Bonchev–Trinajstić information content (AvgIpc) is 1.97. The number of aliphatic hydroxyl groups excluding tert-OH is 1. The van der Waals surface area contributed by atoms with Gasteiger partial charge >= 0.3 is 0 Å². The maximum atomic E-state index is 8.39. The Morgan fingerprint density at radius 1 is 1.60 bits per heavy atom. The van der Waals surface area contributed by atoms with Gasteiger partial charge in [0, 0.05) is 0 Å². The lowest BCUT2D eigenvalue weighted by Crippen LogP contribution is -1.72. The molecule has 0 saturated heterocycles. The molecule has 0 aliphatic rings. The van der Waals surface area contributed by atoms with Crippen molar-refractivity contribution < 1.29 is 5.11 Å². The van der Waals surface area contributed by atoms with E-state index < -0.39 is 0 Å². The first kappa shape index (κ1) is 9.00. The maximum Gasteiger partial charge on any atom is 0.0615 e. The minimum Gasteiger partial charge on any atom is -0.392 e. The summed E-state index contributed by atoms with van der Waals surface area (Å²) in [6.07, 6.45) is 5.33. The van der Waals surface area contributed by atoms with E-state index in [-0.39, 0.29) is 6.61 Å². The molecule has 0 aromatic heterocycles. The lowest BCUT2D eigenvalue weighted by atomic mass is 10.2. The molecular formula is C9H12O. The lowest BCUT2D eigenvalue weighted by Gasteiger charge is -1.83. The monoisotopic (exact) mass is 136 g/mol. The summed E-state index contributed by atoms with van der Waals surface area (Å²) in [6, 6.07) is 0. The molecule has 0 spiro atoms. The highest BCUT2D eigenvalue weighted by Crippen LogP contribution is 1.91. The van der Waals surface area contributed by atoms with Crippen molar-refractivity contribution in [2.45, 2.75) is 13.8 Å². The van der Waals surface area contributed by atoms with Crippen molar-refractivity contribution in [3.05, 3.63) is 23.8 Å². The van der Waals surface area contributed by atoms with Gasteiger partial charge in [-0.3, -0.25) is 0 Å². The van der Waals surface area contributed by atoms with E-state index >= 15 is 0 Å². The number of allylic oxidation sites excluding steroid dienone is 3. The van der Waals surface area contributed by atoms with Gasteiger partial charge in [-0.05, 0) is 25.5 Å². The van der Waals surface area contributed by atoms with Crippen LogP contribution in [0.1, 0.15) is 13.8 Å². The number of hydrogen-bond acceptors (Lipinski definition) is 1. The Morgan fingerprint density at radius 2 is 2.30 bits per heavy atom. The minimum atomic E-state index is 0.0880. The fraction of sp³-hybridized carbons (Fsp3) is 0.333. The fourth-order valence-electron chi connectivity index (χ4n) is 0.473. The predicted molar refractivity (Wildman–Crippen MR) is 43.4 cm³/mol. The van der Waals surface area contributed by atoms with E-state index in [1.54, 1.807) is 13.0 Å². The van der Waals surface area contributed by atoms with Crippen molar-refractivity contribution in [1.29, 1.82) is 0 Å². The average molecular weight is 136 g/mol. The molecule has 0 aliphatic heterocycles. The van der Waals surface area contributed by atoms with Gasteiger partial charge in [0.2, 0.25) is 0 Å². The predicted octanol–water partition coefficient (Wildman–Crippen LogP) is 1.50. The van der Waals surface area contributed by atoms with Crippen molar-refractivity contribution in [3.8, 4) is 11.8 Å². The maximum absolute atomic E-state index is 8.39. The van der Waals surface area contributed by atoms with Crippen molar-refractivity contribution in [3.63, 3.8) is 0 Å². The van der Waals surface area contributed by atoms with Crippen molar-refractivity contribution in [1.82, 2.24) is 0 Å². The van der Waals surface area contributed by atoms with Gasteiger partial charge in [-0.25, -0.2) is 0 Å². The van der Waals surface area contributed by atoms with E-state index in [0.29, 0.717) is 0 Å². The van der Waals surface area contributed by atoms with E-state index in [1.165, 1.54) is 0 Å². The smallest absolute Gasteiger partial charge is 0.0615 e. The molecule has 0 rings (SSSR count). The Balaban J connectivity index is 3.90. The van der Waals surface area contributed by atoms with Crippen LogP contribution in [0, 0.1) is 11.8 Å². The van der Waals surface area contributed by atoms with E-state index in [0.717, 1.165) is 5.57 Å². The van der Waals surface area contributed by atoms with E-state index in [9.17, 15) is 0 Å². The molecule has 1 heteroatoms. The highest BCUT2D eigenvalue weighted by Gasteiger charge is 1.75. The Hall–Kier alpha value is -1.00. The summed E-state index contributed by atoms with van der Waals surface area (Å²) in [7, 11) is 0. The SMILES string of the molecule is CC#C/C=C(C)\C=C\CO. The van der Waals surface area contributed by atoms with E-state index in [1.807, 2.05) is 19.1 Å². The first-order valence-electron chi connectivity index (χ1n) is 3.17. The summed E-state index contributed by atoms with van der Waals surface area (Å²) in [5.74, 6) is 5.56. The van der Waals surface area contributed by atoms with Gasteiger partial charge < -0.3 is 5.11 Å². The van der Waals surface area contributed by atoms with Crippen LogP contribution in [0.4, 0.5) is 0 Å². The molecule has 0 saturated carbocycles. The molecule has 0 radical (unpaired) electrons. The van der Waals surface area contributed by atoms with E-state index in [4.69, 9.17) is 5.11 Å². The molecule has 1 nitrogen and oxygen atoms in total. The molecule has 0 amide bonds. The Labute approximate surface area is 62.1 Å². The zero-order valence-electron chi connectivity index (χ0n) is 6.39. The molecule has 1 N–H and O–H groups in total. The Bertz CT molecular complexity index is 189. The second kappa shape index (κ2) is 6.12. The Kier molecular flexibility index (Phi) is 5.51. The van der Waals surface area contributed by atoms with Crippen LogP contribution in [0.25, 0.3) is 0 Å². The molecule has 54 valence electrons. The topological polar surface area (TPSA) is 20.2 Å². The minimum absolute atomic E-state index is 0.0880. The van der Waals surface area contributed by atoms with Gasteiger partial charge in [0.05, 0.1) is 6.61 Å². The van der Waals surface area contributed by atoms with Gasteiger partial charge in [-0.15, -0.1) is 5.92 Å². The molecule has 0 aliphatic carbocycles. The number of hydrogen-bond donors (Lipinski definition) is 1. The summed E-state index contributed by atoms with van der Waals surface area (Å²) in [4.78, 5) is 0.